The first-order valence-corrected chi connectivity index (χ1v) is 8.14. The van der Waals surface area contributed by atoms with Crippen LogP contribution in [0.25, 0.3) is 0 Å². The number of ketones is 1. The Morgan fingerprint density at radius 2 is 1.81 bits per heavy atom. The van der Waals surface area contributed by atoms with E-state index in [9.17, 15) is 4.79 Å². The van der Waals surface area contributed by atoms with Gasteiger partial charge in [-0.25, -0.2) is 0 Å². The molecule has 2 bridgehead atoms. The molecule has 0 amide bonds. The van der Waals surface area contributed by atoms with E-state index in [0.717, 1.165) is 25.0 Å². The lowest BCUT2D eigenvalue weighted by Crippen LogP contribution is -2.52. The van der Waals surface area contributed by atoms with E-state index >= 15 is 0 Å². The highest BCUT2D eigenvalue weighted by molar-refractivity contribution is 5.96. The molecule has 112 valence electrons. The van der Waals surface area contributed by atoms with Crippen LogP contribution in [0.2, 0.25) is 0 Å². The lowest BCUT2D eigenvalue weighted by atomic mass is 9.75. The van der Waals surface area contributed by atoms with Crippen LogP contribution in [0.4, 0.5) is 0 Å². The standard InChI is InChI=1S/C19H25NO/c1-14(2)19(21)16-11-17-9-6-10-18(12-16)20(17)13-15-7-4-3-5-8-15/h3-5,7-8,16-18H,1,6,9-13H2,2H3. The Balaban J connectivity index is 1.73. The summed E-state index contributed by atoms with van der Waals surface area (Å²) in [5.74, 6) is 0.510. The minimum atomic E-state index is 0.213. The van der Waals surface area contributed by atoms with Gasteiger partial charge in [0, 0.05) is 24.5 Å². The number of Topliss-reactive ketones (excluding diaryl/α,β-unsaturated/α-hetero) is 1. The molecule has 2 aliphatic rings. The van der Waals surface area contributed by atoms with Gasteiger partial charge in [-0.15, -0.1) is 0 Å². The number of carbonyl (C=O) groups excluding carboxylic acids is 1. The van der Waals surface area contributed by atoms with Crippen molar-refractivity contribution >= 4 is 5.78 Å². The smallest absolute Gasteiger partial charge is 0.161 e. The van der Waals surface area contributed by atoms with Gasteiger partial charge >= 0.3 is 0 Å². The maximum absolute atomic E-state index is 12.3. The predicted molar refractivity (Wildman–Crippen MR) is 86.0 cm³/mol. The van der Waals surface area contributed by atoms with E-state index in [2.05, 4.69) is 41.8 Å². The average Bonchev–Trinajstić information content (AvgIpc) is 2.47. The van der Waals surface area contributed by atoms with Crippen LogP contribution in [0.15, 0.2) is 42.5 Å². The Hall–Kier alpha value is -1.41. The van der Waals surface area contributed by atoms with Gasteiger partial charge in [0.25, 0.3) is 0 Å². The van der Waals surface area contributed by atoms with E-state index in [1.165, 1.54) is 24.8 Å². The molecule has 2 atom stereocenters. The van der Waals surface area contributed by atoms with Crippen molar-refractivity contribution in [1.82, 2.24) is 4.90 Å². The van der Waals surface area contributed by atoms with Crippen LogP contribution in [0.5, 0.6) is 0 Å². The normalized spacial score (nSPS) is 29.1. The number of nitrogens with zero attached hydrogens (tertiary/aromatic N) is 1. The van der Waals surface area contributed by atoms with Crippen LogP contribution in [0, 0.1) is 5.92 Å². The number of piperidine rings is 2. The summed E-state index contributed by atoms with van der Waals surface area (Å²) < 4.78 is 0. The third-order valence-electron chi connectivity index (χ3n) is 5.13. The number of benzene rings is 1. The molecule has 0 N–H and O–H groups in total. The lowest BCUT2D eigenvalue weighted by molar-refractivity contribution is -0.123. The largest absolute Gasteiger partial charge is 0.294 e. The number of rotatable bonds is 4. The molecule has 2 nitrogen and oxygen atoms in total. The van der Waals surface area contributed by atoms with Gasteiger partial charge in [0.2, 0.25) is 0 Å². The number of hydrogen-bond donors (Lipinski definition) is 0. The van der Waals surface area contributed by atoms with Crippen molar-refractivity contribution in [1.29, 1.82) is 0 Å². The number of allylic oxidation sites excluding steroid dienone is 1. The first-order valence-electron chi connectivity index (χ1n) is 8.14. The van der Waals surface area contributed by atoms with Crippen LogP contribution in [0.3, 0.4) is 0 Å². The van der Waals surface area contributed by atoms with Crippen molar-refractivity contribution in [2.24, 2.45) is 5.92 Å². The summed E-state index contributed by atoms with van der Waals surface area (Å²) in [6.07, 6.45) is 5.84. The number of hydrogen-bond acceptors (Lipinski definition) is 2. The molecule has 2 fully saturated rings. The first kappa shape index (κ1) is 14.5. The predicted octanol–water partition coefficient (Wildman–Crippen LogP) is 3.96. The zero-order valence-corrected chi connectivity index (χ0v) is 12.9. The summed E-state index contributed by atoms with van der Waals surface area (Å²) in [7, 11) is 0. The third-order valence-corrected chi connectivity index (χ3v) is 5.13. The van der Waals surface area contributed by atoms with Crippen molar-refractivity contribution in [2.75, 3.05) is 0 Å². The summed E-state index contributed by atoms with van der Waals surface area (Å²) in [5.41, 5.74) is 2.12. The van der Waals surface area contributed by atoms with Crippen molar-refractivity contribution < 1.29 is 4.79 Å². The second-order valence-corrected chi connectivity index (χ2v) is 6.71. The summed E-state index contributed by atoms with van der Waals surface area (Å²) in [6.45, 7) is 6.74. The van der Waals surface area contributed by atoms with E-state index in [1.54, 1.807) is 0 Å². The Morgan fingerprint density at radius 1 is 1.19 bits per heavy atom. The molecule has 1 aromatic rings. The van der Waals surface area contributed by atoms with Crippen LogP contribution in [0.1, 0.15) is 44.6 Å². The van der Waals surface area contributed by atoms with Crippen LogP contribution >= 0.6 is 0 Å². The Labute approximate surface area is 127 Å². The van der Waals surface area contributed by atoms with Gasteiger partial charge in [0.1, 0.15) is 0 Å². The Morgan fingerprint density at radius 3 is 2.38 bits per heavy atom. The van der Waals surface area contributed by atoms with Gasteiger partial charge in [0.15, 0.2) is 5.78 Å². The monoisotopic (exact) mass is 283 g/mol. The van der Waals surface area contributed by atoms with Crippen LogP contribution < -0.4 is 0 Å². The summed E-state index contributed by atoms with van der Waals surface area (Å²) in [4.78, 5) is 14.9. The van der Waals surface area contributed by atoms with Crippen molar-refractivity contribution in [3.05, 3.63) is 48.0 Å². The van der Waals surface area contributed by atoms with Gasteiger partial charge < -0.3 is 0 Å². The second kappa shape index (κ2) is 6.15. The van der Waals surface area contributed by atoms with Crippen LogP contribution in [-0.4, -0.2) is 22.8 Å². The second-order valence-electron chi connectivity index (χ2n) is 6.71. The highest BCUT2D eigenvalue weighted by Crippen LogP contribution is 2.38. The molecule has 3 rings (SSSR count). The average molecular weight is 283 g/mol. The maximum Gasteiger partial charge on any atom is 0.161 e. The van der Waals surface area contributed by atoms with Gasteiger partial charge in [-0.3, -0.25) is 9.69 Å². The summed E-state index contributed by atoms with van der Waals surface area (Å²) in [6, 6.07) is 11.9. The fraction of sp³-hybridized carbons (Fsp3) is 0.526. The molecule has 0 spiro atoms. The molecular weight excluding hydrogens is 258 g/mol. The molecule has 0 aromatic heterocycles. The van der Waals surface area contributed by atoms with E-state index < -0.39 is 0 Å². The van der Waals surface area contributed by atoms with Gasteiger partial charge in [-0.2, -0.15) is 0 Å². The van der Waals surface area contributed by atoms with E-state index in [-0.39, 0.29) is 5.92 Å². The van der Waals surface area contributed by atoms with Gasteiger partial charge in [-0.1, -0.05) is 43.3 Å². The van der Waals surface area contributed by atoms with Gasteiger partial charge in [0.05, 0.1) is 0 Å². The van der Waals surface area contributed by atoms with Crippen molar-refractivity contribution in [2.45, 2.75) is 57.7 Å². The molecule has 0 radical (unpaired) electrons. The molecule has 2 heterocycles. The topological polar surface area (TPSA) is 20.3 Å². The Bertz CT molecular complexity index is 508. The summed E-state index contributed by atoms with van der Waals surface area (Å²) in [5, 5.41) is 0. The number of fused-ring (bicyclic) bond motifs is 2. The third kappa shape index (κ3) is 3.11. The zero-order chi connectivity index (χ0) is 14.8. The molecule has 2 saturated heterocycles. The SMILES string of the molecule is C=C(C)C(=O)C1CC2CCCC(C1)N2Cc1ccccc1. The zero-order valence-electron chi connectivity index (χ0n) is 12.9. The number of carbonyl (C=O) groups is 1. The fourth-order valence-electron chi connectivity index (χ4n) is 4.09. The molecule has 2 heteroatoms. The first-order chi connectivity index (χ1) is 10.1. The highest BCUT2D eigenvalue weighted by Gasteiger charge is 2.40. The van der Waals surface area contributed by atoms with E-state index in [4.69, 9.17) is 0 Å². The molecule has 21 heavy (non-hydrogen) atoms. The molecule has 2 aliphatic heterocycles. The van der Waals surface area contributed by atoms with Crippen LogP contribution in [-0.2, 0) is 11.3 Å². The molecule has 0 aliphatic carbocycles. The van der Waals surface area contributed by atoms with Crippen molar-refractivity contribution in [3.8, 4) is 0 Å². The molecule has 2 unspecified atom stereocenters. The quantitative estimate of drug-likeness (QED) is 0.779. The summed E-state index contributed by atoms with van der Waals surface area (Å²) >= 11 is 0. The maximum atomic E-state index is 12.3. The Kier molecular flexibility index (Phi) is 4.25. The van der Waals surface area contributed by atoms with E-state index in [1.807, 2.05) is 6.92 Å². The lowest BCUT2D eigenvalue weighted by Gasteiger charge is -2.48. The van der Waals surface area contributed by atoms with Crippen molar-refractivity contribution in [3.63, 3.8) is 0 Å². The minimum Gasteiger partial charge on any atom is -0.294 e. The molecule has 1 aromatic carbocycles. The van der Waals surface area contributed by atoms with E-state index in [0.29, 0.717) is 17.9 Å². The minimum absolute atomic E-state index is 0.213. The van der Waals surface area contributed by atoms with Gasteiger partial charge in [-0.05, 0) is 43.7 Å². The highest BCUT2D eigenvalue weighted by atomic mass is 16.1. The molecule has 0 saturated carbocycles. The molecular formula is C19H25NO. The fourth-order valence-corrected chi connectivity index (χ4v) is 4.09.